The summed E-state index contributed by atoms with van der Waals surface area (Å²) in [5.74, 6) is 1.21. The van der Waals surface area contributed by atoms with Gasteiger partial charge < -0.3 is 20.1 Å². The summed E-state index contributed by atoms with van der Waals surface area (Å²) in [6.45, 7) is 0.853. The van der Waals surface area contributed by atoms with Crippen molar-refractivity contribution in [2.75, 3.05) is 13.7 Å². The van der Waals surface area contributed by atoms with Crippen molar-refractivity contribution >= 4 is 5.91 Å². The zero-order chi connectivity index (χ0) is 14.7. The number of hydrogen-bond acceptors (Lipinski definition) is 4. The van der Waals surface area contributed by atoms with Gasteiger partial charge in [-0.25, -0.2) is 0 Å². The van der Waals surface area contributed by atoms with Crippen LogP contribution in [0.1, 0.15) is 31.2 Å². The molecule has 0 unspecified atom stereocenters. The Labute approximate surface area is 125 Å². The molecule has 0 atom stereocenters. The highest BCUT2D eigenvalue weighted by Crippen LogP contribution is 2.28. The van der Waals surface area contributed by atoms with Crippen LogP contribution in [0.5, 0.6) is 11.5 Å². The Morgan fingerprint density at radius 3 is 2.62 bits per heavy atom. The Morgan fingerprint density at radius 1 is 1.19 bits per heavy atom. The van der Waals surface area contributed by atoms with Crippen LogP contribution in [-0.4, -0.2) is 31.7 Å². The molecular weight excluding hydrogens is 268 g/mol. The summed E-state index contributed by atoms with van der Waals surface area (Å²) in [5, 5.41) is 6.37. The van der Waals surface area contributed by atoms with Crippen LogP contribution in [0, 0.1) is 0 Å². The van der Waals surface area contributed by atoms with E-state index >= 15 is 0 Å². The van der Waals surface area contributed by atoms with Gasteiger partial charge in [0.15, 0.2) is 18.1 Å². The minimum atomic E-state index is -0.0685. The maximum atomic E-state index is 11.7. The van der Waals surface area contributed by atoms with Crippen LogP contribution < -0.4 is 20.1 Å². The molecule has 0 aliphatic heterocycles. The number of nitrogens with one attached hydrogen (secondary N) is 2. The first-order valence-corrected chi connectivity index (χ1v) is 7.57. The number of methoxy groups -OCH3 is 1. The first kappa shape index (κ1) is 14.2. The first-order chi connectivity index (χ1) is 10.2. The molecule has 0 saturated heterocycles. The highest BCUT2D eigenvalue weighted by molar-refractivity contribution is 5.78. The lowest BCUT2D eigenvalue weighted by molar-refractivity contribution is -0.123. The van der Waals surface area contributed by atoms with Gasteiger partial charge in [0.2, 0.25) is 0 Å². The zero-order valence-electron chi connectivity index (χ0n) is 12.4. The number of hydrogen-bond donors (Lipinski definition) is 2. The molecule has 2 aliphatic rings. The average molecular weight is 290 g/mol. The summed E-state index contributed by atoms with van der Waals surface area (Å²) in [6.07, 6.45) is 4.69. The number of carbonyl (C=O) groups excluding carboxylic acids is 1. The number of amides is 1. The van der Waals surface area contributed by atoms with Crippen LogP contribution in [0.3, 0.4) is 0 Å². The molecule has 3 rings (SSSR count). The van der Waals surface area contributed by atoms with Gasteiger partial charge in [-0.3, -0.25) is 4.79 Å². The highest BCUT2D eigenvalue weighted by atomic mass is 16.5. The van der Waals surface area contributed by atoms with Gasteiger partial charge in [0.05, 0.1) is 7.11 Å². The van der Waals surface area contributed by atoms with E-state index in [4.69, 9.17) is 9.47 Å². The summed E-state index contributed by atoms with van der Waals surface area (Å²) in [7, 11) is 1.61. The van der Waals surface area contributed by atoms with E-state index in [1.165, 1.54) is 12.8 Å². The topological polar surface area (TPSA) is 59.6 Å². The van der Waals surface area contributed by atoms with Crippen LogP contribution in [0.15, 0.2) is 18.2 Å². The lowest BCUT2D eigenvalue weighted by Gasteiger charge is -2.12. The van der Waals surface area contributed by atoms with E-state index in [9.17, 15) is 4.79 Å². The normalized spacial score (nSPS) is 17.4. The molecule has 0 bridgehead atoms. The van der Waals surface area contributed by atoms with Crippen LogP contribution in [0.2, 0.25) is 0 Å². The number of benzene rings is 1. The molecule has 0 spiro atoms. The quantitative estimate of drug-likeness (QED) is 0.763. The molecule has 1 aromatic rings. The van der Waals surface area contributed by atoms with Crippen molar-refractivity contribution in [3.8, 4) is 11.5 Å². The Hall–Kier alpha value is -1.75. The second-order valence-electron chi connectivity index (χ2n) is 5.77. The summed E-state index contributed by atoms with van der Waals surface area (Å²) < 4.78 is 10.9. The first-order valence-electron chi connectivity index (χ1n) is 7.57. The standard InChI is InChI=1S/C16H22N2O3/c1-20-14-7-2-11(9-17-12-3-4-12)8-15(14)21-10-16(19)18-13-5-6-13/h2,7-8,12-13,17H,3-6,9-10H2,1H3,(H,18,19). The minimum Gasteiger partial charge on any atom is -0.493 e. The van der Waals surface area contributed by atoms with Crippen molar-refractivity contribution in [3.05, 3.63) is 23.8 Å². The fourth-order valence-corrected chi connectivity index (χ4v) is 2.13. The second-order valence-corrected chi connectivity index (χ2v) is 5.77. The Bertz CT molecular complexity index is 510. The predicted molar refractivity (Wildman–Crippen MR) is 79.5 cm³/mol. The van der Waals surface area contributed by atoms with Gasteiger partial charge in [-0.2, -0.15) is 0 Å². The molecule has 2 fully saturated rings. The number of carbonyl (C=O) groups is 1. The van der Waals surface area contributed by atoms with Crippen LogP contribution >= 0.6 is 0 Å². The fourth-order valence-electron chi connectivity index (χ4n) is 2.13. The van der Waals surface area contributed by atoms with Crippen molar-refractivity contribution in [2.24, 2.45) is 0 Å². The van der Waals surface area contributed by atoms with Crippen molar-refractivity contribution in [1.29, 1.82) is 0 Å². The molecule has 5 nitrogen and oxygen atoms in total. The van der Waals surface area contributed by atoms with Gasteiger partial charge in [0, 0.05) is 18.6 Å². The maximum Gasteiger partial charge on any atom is 0.258 e. The van der Waals surface area contributed by atoms with Crippen molar-refractivity contribution in [1.82, 2.24) is 10.6 Å². The Kier molecular flexibility index (Phi) is 4.29. The molecular formula is C16H22N2O3. The predicted octanol–water partition coefficient (Wildman–Crippen LogP) is 1.60. The van der Waals surface area contributed by atoms with Gasteiger partial charge in [-0.1, -0.05) is 6.07 Å². The van der Waals surface area contributed by atoms with E-state index in [1.807, 2.05) is 18.2 Å². The molecule has 0 aromatic heterocycles. The number of ether oxygens (including phenoxy) is 2. The minimum absolute atomic E-state index is 0.0341. The Morgan fingerprint density at radius 2 is 1.95 bits per heavy atom. The van der Waals surface area contributed by atoms with E-state index in [1.54, 1.807) is 7.11 Å². The van der Waals surface area contributed by atoms with E-state index in [0.717, 1.165) is 24.9 Å². The highest BCUT2D eigenvalue weighted by Gasteiger charge is 2.23. The third-order valence-electron chi connectivity index (χ3n) is 3.70. The van der Waals surface area contributed by atoms with E-state index < -0.39 is 0 Å². The lowest BCUT2D eigenvalue weighted by atomic mass is 10.2. The van der Waals surface area contributed by atoms with E-state index in [-0.39, 0.29) is 12.5 Å². The largest absolute Gasteiger partial charge is 0.493 e. The lowest BCUT2D eigenvalue weighted by Crippen LogP contribution is -2.30. The average Bonchev–Trinajstić information content (AvgIpc) is 3.37. The van der Waals surface area contributed by atoms with Gasteiger partial charge in [0.25, 0.3) is 5.91 Å². The molecule has 21 heavy (non-hydrogen) atoms. The van der Waals surface area contributed by atoms with Gasteiger partial charge in [-0.15, -0.1) is 0 Å². The van der Waals surface area contributed by atoms with E-state index in [2.05, 4.69) is 10.6 Å². The van der Waals surface area contributed by atoms with Crippen LogP contribution in [-0.2, 0) is 11.3 Å². The monoisotopic (exact) mass is 290 g/mol. The van der Waals surface area contributed by atoms with E-state index in [0.29, 0.717) is 23.6 Å². The molecule has 0 radical (unpaired) electrons. The molecule has 0 heterocycles. The summed E-state index contributed by atoms with van der Waals surface area (Å²) >= 11 is 0. The van der Waals surface area contributed by atoms with Crippen molar-refractivity contribution < 1.29 is 14.3 Å². The fraction of sp³-hybridized carbons (Fsp3) is 0.562. The summed E-state index contributed by atoms with van der Waals surface area (Å²) in [5.41, 5.74) is 1.14. The summed E-state index contributed by atoms with van der Waals surface area (Å²) in [6, 6.07) is 6.88. The van der Waals surface area contributed by atoms with Crippen LogP contribution in [0.25, 0.3) is 0 Å². The molecule has 2 N–H and O–H groups in total. The summed E-state index contributed by atoms with van der Waals surface area (Å²) in [4.78, 5) is 11.7. The molecule has 2 aliphatic carbocycles. The number of rotatable bonds is 8. The Balaban J connectivity index is 1.56. The third kappa shape index (κ3) is 4.36. The molecule has 114 valence electrons. The van der Waals surface area contributed by atoms with Gasteiger partial charge >= 0.3 is 0 Å². The van der Waals surface area contributed by atoms with Crippen LogP contribution in [0.4, 0.5) is 0 Å². The SMILES string of the molecule is COc1ccc(CNC2CC2)cc1OCC(=O)NC1CC1. The third-order valence-corrected chi connectivity index (χ3v) is 3.70. The molecule has 1 aromatic carbocycles. The van der Waals surface area contributed by atoms with Gasteiger partial charge in [-0.05, 0) is 43.4 Å². The zero-order valence-corrected chi connectivity index (χ0v) is 12.4. The molecule has 5 heteroatoms. The molecule has 2 saturated carbocycles. The maximum absolute atomic E-state index is 11.7. The smallest absolute Gasteiger partial charge is 0.258 e. The van der Waals surface area contributed by atoms with Gasteiger partial charge in [0.1, 0.15) is 0 Å². The molecule has 1 amide bonds. The van der Waals surface area contributed by atoms with Crippen molar-refractivity contribution in [2.45, 2.75) is 44.3 Å². The second kappa shape index (κ2) is 6.35. The van der Waals surface area contributed by atoms with Crippen molar-refractivity contribution in [3.63, 3.8) is 0 Å².